The lowest BCUT2D eigenvalue weighted by atomic mass is 10.3. The molecule has 0 amide bonds. The maximum absolute atomic E-state index is 10.6. The summed E-state index contributed by atoms with van der Waals surface area (Å²) in [6.45, 7) is 1.55. The molecule has 4 heteroatoms. The van der Waals surface area contributed by atoms with Crippen molar-refractivity contribution in [3.63, 3.8) is 0 Å². The molecule has 1 aromatic heterocycles. The van der Waals surface area contributed by atoms with E-state index in [1.54, 1.807) is 19.2 Å². The van der Waals surface area contributed by atoms with Crippen molar-refractivity contribution in [1.29, 1.82) is 0 Å². The molecule has 0 saturated heterocycles. The van der Waals surface area contributed by atoms with Gasteiger partial charge in [-0.05, 0) is 11.6 Å². The first kappa shape index (κ1) is 9.06. The highest BCUT2D eigenvalue weighted by Crippen LogP contribution is 2.12. The Balaban J connectivity index is 2.53. The summed E-state index contributed by atoms with van der Waals surface area (Å²) in [6.07, 6.45) is 1.69. The number of aromatic nitrogens is 1. The topological polar surface area (TPSA) is 56.0 Å². The Morgan fingerprint density at radius 1 is 1.67 bits per heavy atom. The average molecular weight is 182 g/mol. The van der Waals surface area contributed by atoms with Gasteiger partial charge in [-0.15, -0.1) is 0 Å². The third-order valence-electron chi connectivity index (χ3n) is 1.29. The maximum atomic E-state index is 10.6. The van der Waals surface area contributed by atoms with Crippen LogP contribution >= 0.6 is 11.8 Å². The van der Waals surface area contributed by atoms with Crippen LogP contribution in [0.5, 0.6) is 0 Å². The van der Waals surface area contributed by atoms with Gasteiger partial charge in [-0.2, -0.15) is 0 Å². The van der Waals surface area contributed by atoms with E-state index in [1.165, 1.54) is 11.8 Å². The van der Waals surface area contributed by atoms with E-state index in [9.17, 15) is 4.79 Å². The van der Waals surface area contributed by atoms with Gasteiger partial charge in [0.05, 0.1) is 0 Å². The van der Waals surface area contributed by atoms with E-state index in [0.717, 1.165) is 5.56 Å². The van der Waals surface area contributed by atoms with Crippen molar-refractivity contribution >= 4 is 22.7 Å². The number of nitrogens with two attached hydrogens (primary N) is 1. The van der Waals surface area contributed by atoms with Gasteiger partial charge in [0.25, 0.3) is 0 Å². The largest absolute Gasteiger partial charge is 0.384 e. The number of carbonyl (C=O) groups excluding carboxylic acids is 1. The van der Waals surface area contributed by atoms with Crippen LogP contribution in [0.3, 0.4) is 0 Å². The molecular weight excluding hydrogens is 172 g/mol. The fourth-order valence-corrected chi connectivity index (χ4v) is 1.25. The van der Waals surface area contributed by atoms with Crippen molar-refractivity contribution in [2.45, 2.75) is 12.7 Å². The van der Waals surface area contributed by atoms with Gasteiger partial charge in [-0.25, -0.2) is 4.98 Å². The molecule has 0 aliphatic carbocycles. The number of pyridine rings is 1. The Morgan fingerprint density at radius 3 is 2.92 bits per heavy atom. The van der Waals surface area contributed by atoms with E-state index < -0.39 is 0 Å². The quantitative estimate of drug-likeness (QED) is 0.752. The predicted molar refractivity (Wildman–Crippen MR) is 50.6 cm³/mol. The lowest BCUT2D eigenvalue weighted by Gasteiger charge is -1.97. The van der Waals surface area contributed by atoms with Crippen LogP contribution in [0, 0.1) is 0 Å². The van der Waals surface area contributed by atoms with E-state index in [1.807, 2.05) is 6.07 Å². The number of nitrogens with zero attached hydrogens (tertiary/aromatic N) is 1. The summed E-state index contributed by atoms with van der Waals surface area (Å²) in [7, 11) is 0. The molecule has 1 aromatic rings. The van der Waals surface area contributed by atoms with Crippen LogP contribution in [0.15, 0.2) is 18.3 Å². The molecule has 12 heavy (non-hydrogen) atoms. The molecular formula is C8H10N2OS. The molecule has 1 heterocycles. The fraction of sp³-hybridized carbons (Fsp3) is 0.250. The molecule has 0 aliphatic rings. The number of anilines is 1. The summed E-state index contributed by atoms with van der Waals surface area (Å²) in [5, 5.41) is 0.117. The van der Waals surface area contributed by atoms with Crippen LogP contribution in [-0.2, 0) is 10.5 Å². The van der Waals surface area contributed by atoms with Crippen molar-refractivity contribution in [3.8, 4) is 0 Å². The zero-order chi connectivity index (χ0) is 8.97. The Morgan fingerprint density at radius 2 is 2.42 bits per heavy atom. The van der Waals surface area contributed by atoms with Crippen molar-refractivity contribution in [2.75, 3.05) is 5.73 Å². The highest BCUT2D eigenvalue weighted by molar-refractivity contribution is 8.12. The minimum atomic E-state index is 0.117. The van der Waals surface area contributed by atoms with Crippen molar-refractivity contribution in [1.82, 2.24) is 4.98 Å². The normalized spacial score (nSPS) is 9.75. The molecule has 1 rings (SSSR count). The smallest absolute Gasteiger partial charge is 0.186 e. The zero-order valence-corrected chi connectivity index (χ0v) is 7.60. The molecule has 0 aliphatic heterocycles. The molecule has 0 radical (unpaired) electrons. The summed E-state index contributed by atoms with van der Waals surface area (Å²) in [5.41, 5.74) is 6.42. The van der Waals surface area contributed by atoms with E-state index in [4.69, 9.17) is 5.73 Å². The van der Waals surface area contributed by atoms with E-state index in [0.29, 0.717) is 11.6 Å². The van der Waals surface area contributed by atoms with Crippen LogP contribution < -0.4 is 5.73 Å². The Kier molecular flexibility index (Phi) is 3.10. The van der Waals surface area contributed by atoms with Gasteiger partial charge in [0.1, 0.15) is 5.82 Å². The summed E-state index contributed by atoms with van der Waals surface area (Å²) in [6, 6.07) is 3.61. The summed E-state index contributed by atoms with van der Waals surface area (Å²) >= 11 is 1.27. The molecule has 64 valence electrons. The average Bonchev–Trinajstić information content (AvgIpc) is 2.03. The standard InChI is InChI=1S/C8H10N2OS/c1-6(11)12-5-7-2-3-8(9)10-4-7/h2-4H,5H2,1H3,(H2,9,10). The minimum absolute atomic E-state index is 0.117. The molecule has 0 fully saturated rings. The maximum Gasteiger partial charge on any atom is 0.186 e. The van der Waals surface area contributed by atoms with Crippen molar-refractivity contribution < 1.29 is 4.79 Å². The SMILES string of the molecule is CC(=O)SCc1ccc(N)nc1. The molecule has 0 bridgehead atoms. The predicted octanol–water partition coefficient (Wildman–Crippen LogP) is 1.44. The van der Waals surface area contributed by atoms with Crippen molar-refractivity contribution in [3.05, 3.63) is 23.9 Å². The first-order valence-corrected chi connectivity index (χ1v) is 4.51. The third kappa shape index (κ3) is 2.92. The van der Waals surface area contributed by atoms with Gasteiger partial charge in [-0.1, -0.05) is 17.8 Å². The molecule has 0 saturated carbocycles. The summed E-state index contributed by atoms with van der Waals surface area (Å²) in [4.78, 5) is 14.5. The lowest BCUT2D eigenvalue weighted by molar-refractivity contribution is -0.109. The number of thioether (sulfide) groups is 1. The first-order valence-electron chi connectivity index (χ1n) is 3.52. The van der Waals surface area contributed by atoms with Crippen LogP contribution in [0.1, 0.15) is 12.5 Å². The van der Waals surface area contributed by atoms with Crippen LogP contribution in [-0.4, -0.2) is 10.1 Å². The van der Waals surface area contributed by atoms with Gasteiger partial charge in [-0.3, -0.25) is 4.79 Å². The van der Waals surface area contributed by atoms with E-state index in [-0.39, 0.29) is 5.12 Å². The number of hydrogen-bond acceptors (Lipinski definition) is 4. The highest BCUT2D eigenvalue weighted by Gasteiger charge is 1.96. The Bertz CT molecular complexity index is 271. The lowest BCUT2D eigenvalue weighted by Crippen LogP contribution is -1.91. The second kappa shape index (κ2) is 4.11. The van der Waals surface area contributed by atoms with Crippen LogP contribution in [0.2, 0.25) is 0 Å². The van der Waals surface area contributed by atoms with E-state index in [2.05, 4.69) is 4.98 Å². The number of rotatable bonds is 2. The first-order chi connectivity index (χ1) is 5.68. The molecule has 2 N–H and O–H groups in total. The minimum Gasteiger partial charge on any atom is -0.384 e. The molecule has 0 unspecified atom stereocenters. The van der Waals surface area contributed by atoms with Gasteiger partial charge in [0.15, 0.2) is 5.12 Å². The van der Waals surface area contributed by atoms with Gasteiger partial charge in [0, 0.05) is 18.9 Å². The monoisotopic (exact) mass is 182 g/mol. The molecule has 0 aromatic carbocycles. The number of hydrogen-bond donors (Lipinski definition) is 1. The Labute approximate surface area is 75.4 Å². The van der Waals surface area contributed by atoms with Gasteiger partial charge < -0.3 is 5.73 Å². The molecule has 3 nitrogen and oxygen atoms in total. The zero-order valence-electron chi connectivity index (χ0n) is 6.78. The summed E-state index contributed by atoms with van der Waals surface area (Å²) in [5.74, 6) is 1.18. The Hall–Kier alpha value is -1.03. The number of carbonyl (C=O) groups is 1. The van der Waals surface area contributed by atoms with E-state index >= 15 is 0 Å². The van der Waals surface area contributed by atoms with Crippen molar-refractivity contribution in [2.24, 2.45) is 0 Å². The highest BCUT2D eigenvalue weighted by atomic mass is 32.2. The van der Waals surface area contributed by atoms with Crippen LogP contribution in [0.25, 0.3) is 0 Å². The molecule has 0 atom stereocenters. The van der Waals surface area contributed by atoms with Gasteiger partial charge in [0.2, 0.25) is 0 Å². The van der Waals surface area contributed by atoms with Crippen LogP contribution in [0.4, 0.5) is 5.82 Å². The second-order valence-electron chi connectivity index (χ2n) is 2.37. The number of nitrogen functional groups attached to an aromatic ring is 1. The molecule has 0 spiro atoms. The van der Waals surface area contributed by atoms with Gasteiger partial charge >= 0.3 is 0 Å². The second-order valence-corrected chi connectivity index (χ2v) is 3.52. The fourth-order valence-electron chi connectivity index (χ4n) is 0.706. The summed E-state index contributed by atoms with van der Waals surface area (Å²) < 4.78 is 0. The third-order valence-corrected chi connectivity index (χ3v) is 2.17.